The Morgan fingerprint density at radius 2 is 2.09 bits per heavy atom. The molecule has 0 amide bonds. The summed E-state index contributed by atoms with van der Waals surface area (Å²) in [7, 11) is 0. The van der Waals surface area contributed by atoms with Gasteiger partial charge in [-0.15, -0.1) is 0 Å². The van der Waals surface area contributed by atoms with Crippen molar-refractivity contribution in [1.82, 2.24) is 14.8 Å². The van der Waals surface area contributed by atoms with Gasteiger partial charge in [0.1, 0.15) is 5.69 Å². The van der Waals surface area contributed by atoms with E-state index in [1.807, 2.05) is 35.7 Å². The van der Waals surface area contributed by atoms with Gasteiger partial charge in [0.15, 0.2) is 0 Å². The molecule has 0 aliphatic carbocycles. The fraction of sp³-hybridized carbons (Fsp3) is 0. The second-order valence-corrected chi connectivity index (χ2v) is 6.09. The lowest BCUT2D eigenvalue weighted by atomic mass is 10.1. The molecule has 0 aliphatic heterocycles. The maximum Gasteiger partial charge on any atom is 0.299 e. The molecule has 0 spiro atoms. The van der Waals surface area contributed by atoms with Crippen molar-refractivity contribution >= 4 is 40.0 Å². The highest BCUT2D eigenvalue weighted by atomic mass is 32.1. The minimum absolute atomic E-state index is 0.284. The van der Waals surface area contributed by atoms with E-state index in [4.69, 9.17) is 9.84 Å². The molecule has 4 aromatic rings. The monoisotopic (exact) mass is 327 g/mol. The van der Waals surface area contributed by atoms with E-state index in [0.717, 1.165) is 22.2 Å². The molecule has 0 saturated carbocycles. The van der Waals surface area contributed by atoms with Crippen molar-refractivity contribution in [1.29, 1.82) is 0 Å². The van der Waals surface area contributed by atoms with Crippen LogP contribution in [-0.2, 0) is 4.79 Å². The highest BCUT2D eigenvalue weighted by molar-refractivity contribution is 7.12. The molecule has 0 atom stereocenters. The van der Waals surface area contributed by atoms with Crippen molar-refractivity contribution in [2.75, 3.05) is 0 Å². The number of thiophene rings is 1. The van der Waals surface area contributed by atoms with Gasteiger partial charge in [0, 0.05) is 16.3 Å². The summed E-state index contributed by atoms with van der Waals surface area (Å²) in [5, 5.41) is 12.2. The number of carbonyl (C=O) groups is 1. The number of benzene rings is 1. The minimum Gasteiger partial charge on any atom is -0.409 e. The first-order chi connectivity index (χ1) is 10.9. The maximum absolute atomic E-state index is 10.4. The van der Waals surface area contributed by atoms with E-state index in [2.05, 4.69) is 10.4 Å². The van der Waals surface area contributed by atoms with Crippen LogP contribution in [0.25, 0.3) is 27.3 Å². The molecule has 0 N–H and O–H groups in total. The van der Waals surface area contributed by atoms with Crippen LogP contribution in [0.15, 0.2) is 46.5 Å². The molecule has 0 fully saturated rings. The quantitative estimate of drug-likeness (QED) is 0.536. The third-order valence-corrected chi connectivity index (χ3v) is 4.68. The molecular weight excluding hydrogens is 318 g/mol. The third-order valence-electron chi connectivity index (χ3n) is 3.20. The number of hydrogen-bond acceptors (Lipinski definition) is 6. The summed E-state index contributed by atoms with van der Waals surface area (Å²) >= 11 is 3.01. The predicted molar refractivity (Wildman–Crippen MR) is 86.7 cm³/mol. The van der Waals surface area contributed by atoms with E-state index < -0.39 is 0 Å². The average molecular weight is 327 g/mol. The smallest absolute Gasteiger partial charge is 0.299 e. The van der Waals surface area contributed by atoms with Gasteiger partial charge in [-0.25, -0.2) is 4.68 Å². The number of nitrogens with zero attached hydrogens (tertiary/aromatic N) is 3. The molecule has 5 nitrogen and oxygen atoms in total. The third kappa shape index (κ3) is 2.11. The normalized spacial score (nSPS) is 10.9. The van der Waals surface area contributed by atoms with E-state index in [0.29, 0.717) is 11.6 Å². The number of ether oxygens (including phenoxy) is 1. The summed E-state index contributed by atoms with van der Waals surface area (Å²) in [5.41, 5.74) is 2.97. The Morgan fingerprint density at radius 3 is 2.91 bits per heavy atom. The first-order valence-corrected chi connectivity index (χ1v) is 8.25. The Balaban J connectivity index is 1.92. The van der Waals surface area contributed by atoms with Crippen LogP contribution < -0.4 is 4.74 Å². The van der Waals surface area contributed by atoms with Gasteiger partial charge < -0.3 is 4.74 Å². The van der Waals surface area contributed by atoms with E-state index in [1.165, 1.54) is 11.3 Å². The molecule has 1 aromatic carbocycles. The van der Waals surface area contributed by atoms with Crippen LogP contribution in [0.1, 0.15) is 0 Å². The summed E-state index contributed by atoms with van der Waals surface area (Å²) < 4.78 is 6.56. The Kier molecular flexibility index (Phi) is 3.21. The van der Waals surface area contributed by atoms with Gasteiger partial charge >= 0.3 is 0 Å². The predicted octanol–water partition coefficient (Wildman–Crippen LogP) is 3.75. The largest absolute Gasteiger partial charge is 0.409 e. The number of fused-ring (bicyclic) bond motifs is 1. The second-order valence-electron chi connectivity index (χ2n) is 4.47. The van der Waals surface area contributed by atoms with E-state index in [-0.39, 0.29) is 5.88 Å². The molecule has 3 aromatic heterocycles. The number of thiazole rings is 1. The zero-order valence-electron chi connectivity index (χ0n) is 11.2. The topological polar surface area (TPSA) is 57.0 Å². The van der Waals surface area contributed by atoms with Gasteiger partial charge in [-0.2, -0.15) is 21.4 Å². The van der Waals surface area contributed by atoms with Crippen molar-refractivity contribution in [3.05, 3.63) is 46.5 Å². The second kappa shape index (κ2) is 5.36. The zero-order valence-corrected chi connectivity index (χ0v) is 12.8. The number of rotatable bonds is 4. The molecule has 0 radical (unpaired) electrons. The van der Waals surface area contributed by atoms with Gasteiger partial charge in [0.05, 0.1) is 10.9 Å². The number of aromatic nitrogens is 3. The molecule has 3 heterocycles. The van der Waals surface area contributed by atoms with Gasteiger partial charge in [-0.1, -0.05) is 29.5 Å². The SMILES string of the molecule is O=COc1csc(-n2nc(-c3ccsc3)c3ccccc32)n1. The van der Waals surface area contributed by atoms with Crippen LogP contribution in [0, 0.1) is 0 Å². The molecule has 0 saturated heterocycles. The molecule has 4 rings (SSSR count). The molecular formula is C15H9N3O2S2. The van der Waals surface area contributed by atoms with Crippen molar-refractivity contribution < 1.29 is 9.53 Å². The molecule has 108 valence electrons. The van der Waals surface area contributed by atoms with Crippen molar-refractivity contribution in [2.24, 2.45) is 0 Å². The average Bonchev–Trinajstić information content (AvgIpc) is 3.26. The maximum atomic E-state index is 10.4. The molecule has 22 heavy (non-hydrogen) atoms. The Bertz CT molecular complexity index is 941. The first-order valence-electron chi connectivity index (χ1n) is 6.43. The fourth-order valence-electron chi connectivity index (χ4n) is 2.28. The van der Waals surface area contributed by atoms with Gasteiger partial charge in [0.25, 0.3) is 6.47 Å². The van der Waals surface area contributed by atoms with Crippen LogP contribution in [0.5, 0.6) is 5.88 Å². The number of hydrogen-bond donors (Lipinski definition) is 0. The summed E-state index contributed by atoms with van der Waals surface area (Å²) in [5.74, 6) is 0.284. The van der Waals surface area contributed by atoms with E-state index in [9.17, 15) is 4.79 Å². The number of para-hydroxylation sites is 1. The Labute approximate surface area is 133 Å². The van der Waals surface area contributed by atoms with Crippen molar-refractivity contribution in [3.8, 4) is 22.3 Å². The van der Waals surface area contributed by atoms with Crippen LogP contribution >= 0.6 is 22.7 Å². The van der Waals surface area contributed by atoms with Gasteiger partial charge in [-0.05, 0) is 17.5 Å². The van der Waals surface area contributed by atoms with Crippen LogP contribution in [-0.4, -0.2) is 21.2 Å². The molecule has 0 aliphatic rings. The molecule has 7 heteroatoms. The van der Waals surface area contributed by atoms with Crippen LogP contribution in [0.2, 0.25) is 0 Å². The Hall–Kier alpha value is -2.51. The summed E-state index contributed by atoms with van der Waals surface area (Å²) in [6.45, 7) is 0.372. The van der Waals surface area contributed by atoms with Gasteiger partial charge in [0.2, 0.25) is 11.0 Å². The van der Waals surface area contributed by atoms with E-state index in [1.54, 1.807) is 21.4 Å². The van der Waals surface area contributed by atoms with Crippen LogP contribution in [0.3, 0.4) is 0 Å². The lowest BCUT2D eigenvalue weighted by molar-refractivity contribution is -0.120. The Morgan fingerprint density at radius 1 is 1.18 bits per heavy atom. The van der Waals surface area contributed by atoms with Gasteiger partial charge in [-0.3, -0.25) is 4.79 Å². The lowest BCUT2D eigenvalue weighted by Gasteiger charge is -1.96. The fourth-order valence-corrected chi connectivity index (χ4v) is 3.61. The summed E-state index contributed by atoms with van der Waals surface area (Å²) in [6.07, 6.45) is 0. The summed E-state index contributed by atoms with van der Waals surface area (Å²) in [6, 6.07) is 10.1. The zero-order chi connectivity index (χ0) is 14.9. The van der Waals surface area contributed by atoms with Crippen molar-refractivity contribution in [2.45, 2.75) is 0 Å². The number of carbonyl (C=O) groups excluding carboxylic acids is 1. The highest BCUT2D eigenvalue weighted by Gasteiger charge is 2.15. The standard InChI is InChI=1S/C15H9N3O2S2/c19-9-20-13-8-22-15(16-13)18-12-4-2-1-3-11(12)14(17-18)10-5-6-21-7-10/h1-9H. The lowest BCUT2D eigenvalue weighted by Crippen LogP contribution is -1.96. The highest BCUT2D eigenvalue weighted by Crippen LogP contribution is 2.32. The minimum atomic E-state index is 0.284. The summed E-state index contributed by atoms with van der Waals surface area (Å²) in [4.78, 5) is 14.7. The molecule has 0 bridgehead atoms. The van der Waals surface area contributed by atoms with Crippen molar-refractivity contribution in [3.63, 3.8) is 0 Å². The van der Waals surface area contributed by atoms with E-state index >= 15 is 0 Å². The first kappa shape index (κ1) is 13.2. The van der Waals surface area contributed by atoms with Crippen LogP contribution in [0.4, 0.5) is 0 Å². The molecule has 0 unspecified atom stereocenters.